The summed E-state index contributed by atoms with van der Waals surface area (Å²) < 4.78 is 5.25. The Bertz CT molecular complexity index is 462. The number of piperidine rings is 1. The van der Waals surface area contributed by atoms with Crippen molar-refractivity contribution < 1.29 is 9.32 Å². The van der Waals surface area contributed by atoms with Crippen LogP contribution in [0.1, 0.15) is 45.1 Å². The average molecular weight is 279 g/mol. The first-order valence-electron chi connectivity index (χ1n) is 7.30. The summed E-state index contributed by atoms with van der Waals surface area (Å²) in [5.74, 6) is 1.11. The standard InChI is InChI=1S/C15H25N3O2/c1-11-8-13(20-17-11)10-18-7-5-6-12(9-18)14(19)16-15(2,3)4/h8,12H,5-7,9-10H2,1-4H3,(H,16,19). The van der Waals surface area contributed by atoms with Gasteiger partial charge < -0.3 is 9.84 Å². The summed E-state index contributed by atoms with van der Waals surface area (Å²) in [5, 5.41) is 6.98. The summed E-state index contributed by atoms with van der Waals surface area (Å²) in [6.45, 7) is 10.5. The lowest BCUT2D eigenvalue weighted by molar-refractivity contribution is -0.128. The van der Waals surface area contributed by atoms with Gasteiger partial charge in [-0.05, 0) is 47.1 Å². The zero-order valence-corrected chi connectivity index (χ0v) is 12.9. The Labute approximate surface area is 120 Å². The van der Waals surface area contributed by atoms with Gasteiger partial charge in [0.15, 0.2) is 5.76 Å². The molecule has 1 unspecified atom stereocenters. The van der Waals surface area contributed by atoms with E-state index in [4.69, 9.17) is 4.52 Å². The van der Waals surface area contributed by atoms with Gasteiger partial charge in [-0.15, -0.1) is 0 Å². The first kappa shape index (κ1) is 15.0. The van der Waals surface area contributed by atoms with E-state index in [0.717, 1.165) is 43.9 Å². The molecule has 1 aliphatic heterocycles. The topological polar surface area (TPSA) is 58.4 Å². The fraction of sp³-hybridized carbons (Fsp3) is 0.733. The molecule has 1 aromatic rings. The Kier molecular flexibility index (Phi) is 4.48. The summed E-state index contributed by atoms with van der Waals surface area (Å²) in [7, 11) is 0. The number of hydrogen-bond acceptors (Lipinski definition) is 4. The first-order chi connectivity index (χ1) is 9.33. The second-order valence-corrected chi connectivity index (χ2v) is 6.75. The third kappa shape index (κ3) is 4.34. The summed E-state index contributed by atoms with van der Waals surface area (Å²) in [6, 6.07) is 1.96. The smallest absolute Gasteiger partial charge is 0.224 e. The predicted molar refractivity (Wildman–Crippen MR) is 77.1 cm³/mol. The highest BCUT2D eigenvalue weighted by atomic mass is 16.5. The number of nitrogens with zero attached hydrogens (tertiary/aromatic N) is 2. The molecule has 1 aliphatic rings. The number of likely N-dealkylation sites (tertiary alicyclic amines) is 1. The summed E-state index contributed by atoms with van der Waals surface area (Å²) in [4.78, 5) is 14.5. The van der Waals surface area contributed by atoms with Crippen molar-refractivity contribution in [3.8, 4) is 0 Å². The van der Waals surface area contributed by atoms with Crippen LogP contribution < -0.4 is 5.32 Å². The van der Waals surface area contributed by atoms with E-state index < -0.39 is 0 Å². The Balaban J connectivity index is 1.90. The van der Waals surface area contributed by atoms with E-state index in [1.807, 2.05) is 33.8 Å². The quantitative estimate of drug-likeness (QED) is 0.920. The van der Waals surface area contributed by atoms with Crippen LogP contribution in [0.3, 0.4) is 0 Å². The summed E-state index contributed by atoms with van der Waals surface area (Å²) in [5.41, 5.74) is 0.737. The van der Waals surface area contributed by atoms with Gasteiger partial charge >= 0.3 is 0 Å². The first-order valence-corrected chi connectivity index (χ1v) is 7.30. The third-order valence-electron chi connectivity index (χ3n) is 3.43. The molecule has 2 heterocycles. The maximum absolute atomic E-state index is 12.2. The third-order valence-corrected chi connectivity index (χ3v) is 3.43. The SMILES string of the molecule is Cc1cc(CN2CCCC(C(=O)NC(C)(C)C)C2)on1. The molecular formula is C15H25N3O2. The summed E-state index contributed by atoms with van der Waals surface area (Å²) in [6.07, 6.45) is 2.02. The molecule has 5 nitrogen and oxygen atoms in total. The maximum atomic E-state index is 12.2. The van der Waals surface area contributed by atoms with Crippen molar-refractivity contribution in [2.45, 2.75) is 52.6 Å². The lowest BCUT2D eigenvalue weighted by atomic mass is 9.95. The number of nitrogens with one attached hydrogen (secondary N) is 1. The van der Waals surface area contributed by atoms with Gasteiger partial charge in [0.1, 0.15) is 0 Å². The van der Waals surface area contributed by atoms with Gasteiger partial charge in [0.05, 0.1) is 18.2 Å². The largest absolute Gasteiger partial charge is 0.360 e. The molecule has 0 spiro atoms. The van der Waals surface area contributed by atoms with Gasteiger partial charge in [-0.25, -0.2) is 0 Å². The number of carbonyl (C=O) groups excluding carboxylic acids is 1. The normalized spacial score (nSPS) is 20.9. The minimum Gasteiger partial charge on any atom is -0.360 e. The monoisotopic (exact) mass is 279 g/mol. The molecule has 1 aromatic heterocycles. The van der Waals surface area contributed by atoms with Crippen molar-refractivity contribution in [1.82, 2.24) is 15.4 Å². The molecule has 0 aromatic carbocycles. The summed E-state index contributed by atoms with van der Waals surface area (Å²) >= 11 is 0. The molecule has 1 saturated heterocycles. The van der Waals surface area contributed by atoms with Gasteiger partial charge in [-0.2, -0.15) is 0 Å². The van der Waals surface area contributed by atoms with Crippen molar-refractivity contribution in [2.24, 2.45) is 5.92 Å². The van der Waals surface area contributed by atoms with Crippen LogP contribution in [0.2, 0.25) is 0 Å². The van der Waals surface area contributed by atoms with Gasteiger partial charge in [0, 0.05) is 18.2 Å². The number of aryl methyl sites for hydroxylation is 1. The van der Waals surface area contributed by atoms with E-state index in [1.165, 1.54) is 0 Å². The molecule has 1 amide bonds. The second-order valence-electron chi connectivity index (χ2n) is 6.75. The second kappa shape index (κ2) is 5.95. The van der Waals surface area contributed by atoms with Crippen molar-refractivity contribution in [3.05, 3.63) is 17.5 Å². The van der Waals surface area contributed by atoms with Crippen molar-refractivity contribution in [1.29, 1.82) is 0 Å². The van der Waals surface area contributed by atoms with E-state index in [1.54, 1.807) is 0 Å². The molecule has 20 heavy (non-hydrogen) atoms. The number of hydrogen-bond donors (Lipinski definition) is 1. The molecule has 1 N–H and O–H groups in total. The Hall–Kier alpha value is -1.36. The minimum absolute atomic E-state index is 0.0759. The highest BCUT2D eigenvalue weighted by Crippen LogP contribution is 2.20. The van der Waals surface area contributed by atoms with E-state index >= 15 is 0 Å². The van der Waals surface area contributed by atoms with E-state index in [9.17, 15) is 4.79 Å². The lowest BCUT2D eigenvalue weighted by Crippen LogP contribution is -2.48. The molecule has 1 fully saturated rings. The van der Waals surface area contributed by atoms with Crippen molar-refractivity contribution >= 4 is 5.91 Å². The van der Waals surface area contributed by atoms with Crippen LogP contribution in [0.25, 0.3) is 0 Å². The van der Waals surface area contributed by atoms with Crippen LogP contribution >= 0.6 is 0 Å². The number of amides is 1. The fourth-order valence-electron chi connectivity index (χ4n) is 2.60. The van der Waals surface area contributed by atoms with Crippen LogP contribution in [0.15, 0.2) is 10.6 Å². The number of aromatic nitrogens is 1. The Morgan fingerprint density at radius 3 is 2.90 bits per heavy atom. The molecule has 5 heteroatoms. The molecular weight excluding hydrogens is 254 g/mol. The van der Waals surface area contributed by atoms with Crippen molar-refractivity contribution in [2.75, 3.05) is 13.1 Å². The molecule has 0 saturated carbocycles. The Morgan fingerprint density at radius 2 is 2.30 bits per heavy atom. The Morgan fingerprint density at radius 1 is 1.55 bits per heavy atom. The molecule has 2 rings (SSSR count). The van der Waals surface area contributed by atoms with Crippen LogP contribution in [-0.2, 0) is 11.3 Å². The molecule has 0 radical (unpaired) electrons. The van der Waals surface area contributed by atoms with Gasteiger partial charge in [0.25, 0.3) is 0 Å². The fourth-order valence-corrected chi connectivity index (χ4v) is 2.60. The van der Waals surface area contributed by atoms with Crippen molar-refractivity contribution in [3.63, 3.8) is 0 Å². The van der Waals surface area contributed by atoms with E-state index in [-0.39, 0.29) is 17.4 Å². The van der Waals surface area contributed by atoms with Crippen LogP contribution in [-0.4, -0.2) is 34.6 Å². The van der Waals surface area contributed by atoms with Gasteiger partial charge in [-0.3, -0.25) is 9.69 Å². The maximum Gasteiger partial charge on any atom is 0.224 e. The van der Waals surface area contributed by atoms with Gasteiger partial charge in [-0.1, -0.05) is 5.16 Å². The highest BCUT2D eigenvalue weighted by molar-refractivity contribution is 5.79. The molecule has 0 bridgehead atoms. The molecule has 112 valence electrons. The zero-order chi connectivity index (χ0) is 14.8. The van der Waals surface area contributed by atoms with Crippen LogP contribution in [0, 0.1) is 12.8 Å². The predicted octanol–water partition coefficient (Wildman–Crippen LogP) is 2.11. The highest BCUT2D eigenvalue weighted by Gasteiger charge is 2.28. The molecule has 1 atom stereocenters. The average Bonchev–Trinajstić information content (AvgIpc) is 2.73. The zero-order valence-electron chi connectivity index (χ0n) is 12.9. The van der Waals surface area contributed by atoms with Crippen LogP contribution in [0.4, 0.5) is 0 Å². The number of carbonyl (C=O) groups is 1. The molecule has 0 aliphatic carbocycles. The minimum atomic E-state index is -0.165. The lowest BCUT2D eigenvalue weighted by Gasteiger charge is -2.33. The number of rotatable bonds is 3. The van der Waals surface area contributed by atoms with Crippen LogP contribution in [0.5, 0.6) is 0 Å². The van der Waals surface area contributed by atoms with E-state index in [2.05, 4.69) is 15.4 Å². The van der Waals surface area contributed by atoms with E-state index in [0.29, 0.717) is 0 Å². The van der Waals surface area contributed by atoms with Gasteiger partial charge in [0.2, 0.25) is 5.91 Å².